The molecule has 0 saturated heterocycles. The van der Waals surface area contributed by atoms with E-state index in [4.69, 9.17) is 28.1 Å². The Bertz CT molecular complexity index is 1410. The number of nitrogens with zero attached hydrogens (tertiary/aromatic N) is 4. The Hall–Kier alpha value is -3.19. The molecular weight excluding hydrogens is 480 g/mol. The molecule has 5 rings (SSSR count). The van der Waals surface area contributed by atoms with Crippen LogP contribution in [0.3, 0.4) is 0 Å². The van der Waals surface area contributed by atoms with Crippen LogP contribution in [0.1, 0.15) is 10.7 Å². The van der Waals surface area contributed by atoms with Gasteiger partial charge in [-0.25, -0.2) is 9.97 Å². The zero-order chi connectivity index (χ0) is 23.5. The topological polar surface area (TPSA) is 102 Å². The highest BCUT2D eigenvalue weighted by Gasteiger charge is 2.18. The summed E-state index contributed by atoms with van der Waals surface area (Å²) in [5.74, 6) is 1.87. The molecule has 0 aliphatic heterocycles. The number of furan rings is 1. The maximum absolute atomic E-state index is 6.13. The molecule has 0 amide bonds. The predicted molar refractivity (Wildman–Crippen MR) is 127 cm³/mol. The van der Waals surface area contributed by atoms with Crippen LogP contribution < -0.4 is 14.2 Å². The summed E-state index contributed by atoms with van der Waals surface area (Å²) >= 11 is 2.89. The average Bonchev–Trinajstić information content (AvgIpc) is 3.63. The number of benzene rings is 1. The molecule has 178 valence electrons. The van der Waals surface area contributed by atoms with E-state index in [-0.39, 0.29) is 0 Å². The van der Waals surface area contributed by atoms with Gasteiger partial charge in [0.2, 0.25) is 4.96 Å². The second kappa shape index (κ2) is 9.97. The van der Waals surface area contributed by atoms with Crippen LogP contribution in [0.5, 0.6) is 16.7 Å². The lowest BCUT2D eigenvalue weighted by Crippen LogP contribution is -2.02. The Morgan fingerprint density at radius 1 is 1.06 bits per heavy atom. The van der Waals surface area contributed by atoms with E-state index < -0.39 is 0 Å². The molecular formula is C22H22N4O6S2. The first-order chi connectivity index (χ1) is 16.7. The van der Waals surface area contributed by atoms with Crippen molar-refractivity contribution in [1.82, 2.24) is 19.6 Å². The molecule has 0 unspecified atom stereocenters. The number of aromatic nitrogens is 4. The van der Waals surface area contributed by atoms with Crippen LogP contribution in [-0.2, 0) is 22.7 Å². The predicted octanol–water partition coefficient (Wildman–Crippen LogP) is 4.42. The van der Waals surface area contributed by atoms with Crippen LogP contribution in [0.15, 0.2) is 34.2 Å². The normalized spacial score (nSPS) is 11.5. The number of rotatable bonds is 11. The van der Waals surface area contributed by atoms with Crippen molar-refractivity contribution in [2.24, 2.45) is 0 Å². The Morgan fingerprint density at radius 3 is 2.79 bits per heavy atom. The van der Waals surface area contributed by atoms with Gasteiger partial charge >= 0.3 is 0 Å². The van der Waals surface area contributed by atoms with Crippen molar-refractivity contribution in [2.75, 3.05) is 34.5 Å². The molecule has 0 fully saturated rings. The van der Waals surface area contributed by atoms with Crippen molar-refractivity contribution < 1.29 is 28.1 Å². The second-order valence-electron chi connectivity index (χ2n) is 7.12. The number of fused-ring (bicyclic) bond motifs is 2. The quantitative estimate of drug-likeness (QED) is 0.243. The van der Waals surface area contributed by atoms with E-state index in [0.29, 0.717) is 65.1 Å². The Morgan fingerprint density at radius 2 is 1.97 bits per heavy atom. The highest BCUT2D eigenvalue weighted by atomic mass is 32.1. The zero-order valence-electron chi connectivity index (χ0n) is 18.8. The first-order valence-electron chi connectivity index (χ1n) is 10.3. The van der Waals surface area contributed by atoms with E-state index in [1.165, 1.54) is 22.7 Å². The summed E-state index contributed by atoms with van der Waals surface area (Å²) in [6.45, 7) is 1.84. The lowest BCUT2D eigenvalue weighted by atomic mass is 10.2. The van der Waals surface area contributed by atoms with Gasteiger partial charge in [-0.15, -0.1) is 16.4 Å². The third-order valence-electron chi connectivity index (χ3n) is 4.93. The Balaban J connectivity index is 1.38. The number of ether oxygens (including phenoxy) is 5. The molecule has 0 saturated carbocycles. The molecule has 10 nitrogen and oxygen atoms in total. The zero-order valence-corrected chi connectivity index (χ0v) is 20.4. The van der Waals surface area contributed by atoms with Crippen molar-refractivity contribution in [1.29, 1.82) is 0 Å². The van der Waals surface area contributed by atoms with Gasteiger partial charge in [0.25, 0.3) is 5.19 Å². The molecule has 0 aliphatic carbocycles. The van der Waals surface area contributed by atoms with Crippen molar-refractivity contribution in [3.8, 4) is 28.1 Å². The number of thiazole rings is 1. The standard InChI is InChI=1S/C22H22N4O6S2/c1-27-4-5-30-11-20-24-13(12-33-20)10-31-17-6-14(28-2)7-18-15(17)8-19(32-18)16-9-23-21-26(16)25-22(29-3)34-21/h6-9,12H,4-5,10-11H2,1-3H3. The van der Waals surface area contributed by atoms with Gasteiger partial charge in [0, 0.05) is 24.6 Å². The summed E-state index contributed by atoms with van der Waals surface area (Å²) < 4.78 is 35.2. The molecule has 0 atom stereocenters. The maximum atomic E-state index is 6.13. The molecule has 0 radical (unpaired) electrons. The van der Waals surface area contributed by atoms with E-state index in [1.54, 1.807) is 32.0 Å². The van der Waals surface area contributed by atoms with E-state index in [0.717, 1.165) is 16.1 Å². The summed E-state index contributed by atoms with van der Waals surface area (Å²) in [7, 11) is 4.83. The molecule has 12 heteroatoms. The average molecular weight is 503 g/mol. The fraction of sp³-hybridized carbons (Fsp3) is 0.318. The molecule has 4 aromatic heterocycles. The fourth-order valence-corrected chi connectivity index (χ4v) is 4.71. The molecule has 0 spiro atoms. The van der Waals surface area contributed by atoms with Gasteiger partial charge in [0.1, 0.15) is 34.4 Å². The van der Waals surface area contributed by atoms with E-state index in [2.05, 4.69) is 15.1 Å². The largest absolute Gasteiger partial charge is 0.496 e. The van der Waals surface area contributed by atoms with Crippen LogP contribution >= 0.6 is 22.7 Å². The molecule has 34 heavy (non-hydrogen) atoms. The summed E-state index contributed by atoms with van der Waals surface area (Å²) in [4.78, 5) is 9.69. The summed E-state index contributed by atoms with van der Waals surface area (Å²) in [6, 6.07) is 5.57. The number of hydrogen-bond donors (Lipinski definition) is 0. The Labute approximate surface area is 202 Å². The maximum Gasteiger partial charge on any atom is 0.294 e. The van der Waals surface area contributed by atoms with Gasteiger partial charge in [-0.05, 0) is 17.4 Å². The van der Waals surface area contributed by atoms with Crippen LogP contribution in [0.25, 0.3) is 27.4 Å². The minimum Gasteiger partial charge on any atom is -0.496 e. The third kappa shape index (κ3) is 4.57. The first-order valence-corrected chi connectivity index (χ1v) is 12.0. The van der Waals surface area contributed by atoms with E-state index in [9.17, 15) is 0 Å². The molecule has 0 aliphatic rings. The third-order valence-corrected chi connectivity index (χ3v) is 6.69. The van der Waals surface area contributed by atoms with Gasteiger partial charge in [0.15, 0.2) is 5.76 Å². The van der Waals surface area contributed by atoms with Gasteiger partial charge < -0.3 is 28.1 Å². The molecule has 5 aromatic rings. The molecule has 0 bridgehead atoms. The number of methoxy groups -OCH3 is 3. The monoisotopic (exact) mass is 502 g/mol. The SMILES string of the molecule is COCCOCc1nc(COc2cc(OC)cc3oc(-c4cnc5sc(OC)nn45)cc23)cs1. The molecule has 1 aromatic carbocycles. The van der Waals surface area contributed by atoms with Gasteiger partial charge in [-0.1, -0.05) is 0 Å². The highest BCUT2D eigenvalue weighted by molar-refractivity contribution is 7.18. The van der Waals surface area contributed by atoms with Crippen LogP contribution in [0, 0.1) is 0 Å². The van der Waals surface area contributed by atoms with Gasteiger partial charge in [0.05, 0.1) is 51.3 Å². The molecule has 0 N–H and O–H groups in total. The Kier molecular flexibility index (Phi) is 6.63. The van der Waals surface area contributed by atoms with Crippen LogP contribution in [-0.4, -0.2) is 54.1 Å². The van der Waals surface area contributed by atoms with Crippen LogP contribution in [0.4, 0.5) is 0 Å². The minimum absolute atomic E-state index is 0.303. The minimum atomic E-state index is 0.303. The van der Waals surface area contributed by atoms with E-state index >= 15 is 0 Å². The van der Waals surface area contributed by atoms with Crippen LogP contribution in [0.2, 0.25) is 0 Å². The number of imidazole rings is 1. The number of hydrogen-bond acceptors (Lipinski definition) is 11. The summed E-state index contributed by atoms with van der Waals surface area (Å²) in [5, 5.41) is 8.60. The fourth-order valence-electron chi connectivity index (χ4n) is 3.31. The van der Waals surface area contributed by atoms with E-state index in [1.807, 2.05) is 23.6 Å². The van der Waals surface area contributed by atoms with Crippen molar-refractivity contribution in [3.05, 3.63) is 40.5 Å². The lowest BCUT2D eigenvalue weighted by molar-refractivity contribution is 0.0615. The second-order valence-corrected chi connectivity index (χ2v) is 8.99. The van der Waals surface area contributed by atoms with Gasteiger partial charge in [-0.3, -0.25) is 0 Å². The van der Waals surface area contributed by atoms with Crippen molar-refractivity contribution in [3.63, 3.8) is 0 Å². The highest BCUT2D eigenvalue weighted by Crippen LogP contribution is 2.38. The van der Waals surface area contributed by atoms with Crippen molar-refractivity contribution >= 4 is 38.6 Å². The van der Waals surface area contributed by atoms with Gasteiger partial charge in [-0.2, -0.15) is 4.52 Å². The van der Waals surface area contributed by atoms with Crippen molar-refractivity contribution in [2.45, 2.75) is 13.2 Å². The summed E-state index contributed by atoms with van der Waals surface area (Å²) in [5.41, 5.74) is 2.17. The smallest absolute Gasteiger partial charge is 0.294 e. The summed E-state index contributed by atoms with van der Waals surface area (Å²) in [6.07, 6.45) is 1.72. The first kappa shape index (κ1) is 22.6. The molecule has 4 heterocycles. The lowest BCUT2D eigenvalue weighted by Gasteiger charge is -2.08.